The van der Waals surface area contributed by atoms with Gasteiger partial charge in [0.05, 0.1) is 6.42 Å². The zero-order valence-corrected chi connectivity index (χ0v) is 13.5. The van der Waals surface area contributed by atoms with Gasteiger partial charge >= 0.3 is 5.97 Å². The minimum absolute atomic E-state index is 0.0322. The van der Waals surface area contributed by atoms with Crippen molar-refractivity contribution in [3.05, 3.63) is 41.7 Å². The summed E-state index contributed by atoms with van der Waals surface area (Å²) in [4.78, 5) is 25.0. The topological polar surface area (TPSA) is 66.8 Å². The summed E-state index contributed by atoms with van der Waals surface area (Å²) in [6, 6.07) is 6.03. The van der Waals surface area contributed by atoms with Crippen LogP contribution in [0.15, 0.2) is 30.3 Å². The first-order chi connectivity index (χ1) is 11.6. The number of benzene rings is 1. The van der Waals surface area contributed by atoms with Gasteiger partial charge in [-0.05, 0) is 30.5 Å². The van der Waals surface area contributed by atoms with E-state index in [1.165, 1.54) is 12.1 Å². The first kappa shape index (κ1) is 18.1. The van der Waals surface area contributed by atoms with Crippen molar-refractivity contribution in [3.8, 4) is 0 Å². The quantitative estimate of drug-likeness (QED) is 0.832. The first-order valence-corrected chi connectivity index (χ1v) is 8.07. The van der Waals surface area contributed by atoms with Crippen LogP contribution in [0.1, 0.15) is 31.2 Å². The third kappa shape index (κ3) is 5.77. The summed E-state index contributed by atoms with van der Waals surface area (Å²) in [5.41, 5.74) is 0.812. The Labute approximate surface area is 140 Å². The van der Waals surface area contributed by atoms with E-state index in [0.717, 1.165) is 18.4 Å². The van der Waals surface area contributed by atoms with Gasteiger partial charge in [-0.15, -0.1) is 0 Å². The Hall–Kier alpha value is -2.21. The molecule has 0 bridgehead atoms. The van der Waals surface area contributed by atoms with E-state index in [0.29, 0.717) is 13.2 Å². The number of halogens is 1. The summed E-state index contributed by atoms with van der Waals surface area (Å²) in [7, 11) is 0. The molecule has 1 aliphatic rings. The fourth-order valence-corrected chi connectivity index (χ4v) is 2.71. The number of aliphatic carboxylic acids is 1. The molecule has 5 nitrogen and oxygen atoms in total. The molecular weight excluding hydrogens is 313 g/mol. The highest BCUT2D eigenvalue weighted by atomic mass is 19.1. The molecule has 1 heterocycles. The van der Waals surface area contributed by atoms with Gasteiger partial charge in [-0.2, -0.15) is 0 Å². The largest absolute Gasteiger partial charge is 0.481 e. The predicted molar refractivity (Wildman–Crippen MR) is 87.9 cm³/mol. The van der Waals surface area contributed by atoms with Crippen LogP contribution in [-0.4, -0.2) is 47.7 Å². The molecule has 1 saturated heterocycles. The second-order valence-electron chi connectivity index (χ2n) is 5.73. The number of hydrogen-bond donors (Lipinski definition) is 1. The van der Waals surface area contributed by atoms with Crippen molar-refractivity contribution in [2.45, 2.75) is 31.7 Å². The molecule has 130 valence electrons. The molecule has 2 rings (SSSR count). The summed E-state index contributed by atoms with van der Waals surface area (Å²) in [5.74, 6) is -1.31. The van der Waals surface area contributed by atoms with Crippen molar-refractivity contribution in [3.63, 3.8) is 0 Å². The Bertz CT molecular complexity index is 579. The van der Waals surface area contributed by atoms with E-state index in [2.05, 4.69) is 0 Å². The average Bonchev–Trinajstić information content (AvgIpc) is 2.57. The smallest absolute Gasteiger partial charge is 0.305 e. The minimum Gasteiger partial charge on any atom is -0.481 e. The number of carboxylic acids is 1. The lowest BCUT2D eigenvalue weighted by molar-refractivity contribution is -0.140. The van der Waals surface area contributed by atoms with E-state index in [1.807, 2.05) is 0 Å². The number of carbonyl (C=O) groups excluding carboxylic acids is 1. The van der Waals surface area contributed by atoms with Gasteiger partial charge in [-0.1, -0.05) is 24.3 Å². The normalized spacial score (nSPS) is 15.5. The van der Waals surface area contributed by atoms with Crippen LogP contribution in [0.2, 0.25) is 0 Å². The Morgan fingerprint density at radius 3 is 2.54 bits per heavy atom. The van der Waals surface area contributed by atoms with E-state index in [-0.39, 0.29) is 37.2 Å². The van der Waals surface area contributed by atoms with Gasteiger partial charge in [0, 0.05) is 32.2 Å². The average molecular weight is 335 g/mol. The number of nitrogens with zero attached hydrogens (tertiary/aromatic N) is 1. The van der Waals surface area contributed by atoms with E-state index >= 15 is 0 Å². The maximum absolute atomic E-state index is 12.9. The van der Waals surface area contributed by atoms with Crippen molar-refractivity contribution >= 4 is 18.0 Å². The molecule has 0 unspecified atom stereocenters. The van der Waals surface area contributed by atoms with Gasteiger partial charge in [0.2, 0.25) is 5.91 Å². The zero-order chi connectivity index (χ0) is 17.4. The van der Waals surface area contributed by atoms with Crippen molar-refractivity contribution < 1.29 is 23.8 Å². The maximum atomic E-state index is 12.9. The first-order valence-electron chi connectivity index (χ1n) is 8.07. The Balaban J connectivity index is 1.95. The molecular formula is C18H22FNO4. The third-order valence-electron chi connectivity index (χ3n) is 3.99. The summed E-state index contributed by atoms with van der Waals surface area (Å²) >= 11 is 0. The third-order valence-corrected chi connectivity index (χ3v) is 3.99. The standard InChI is InChI=1S/C18H22FNO4/c19-15-6-4-14(5-7-15)2-1-3-17(21)20(11-8-18(22)23)16-9-12-24-13-10-16/h1-2,4-7,16H,3,8-13H2,(H,22,23)/b2-1+. The van der Waals surface area contributed by atoms with Crippen LogP contribution in [0.4, 0.5) is 4.39 Å². The van der Waals surface area contributed by atoms with Gasteiger partial charge in [0.25, 0.3) is 0 Å². The summed E-state index contributed by atoms with van der Waals surface area (Å²) < 4.78 is 18.2. The zero-order valence-electron chi connectivity index (χ0n) is 13.5. The van der Waals surface area contributed by atoms with Gasteiger partial charge in [0.1, 0.15) is 5.82 Å². The minimum atomic E-state index is -0.915. The Morgan fingerprint density at radius 2 is 1.92 bits per heavy atom. The summed E-state index contributed by atoms with van der Waals surface area (Å²) in [6.45, 7) is 1.39. The lowest BCUT2D eigenvalue weighted by atomic mass is 10.1. The van der Waals surface area contributed by atoms with Crippen LogP contribution in [0.5, 0.6) is 0 Å². The van der Waals surface area contributed by atoms with E-state index in [9.17, 15) is 14.0 Å². The number of amides is 1. The van der Waals surface area contributed by atoms with E-state index < -0.39 is 5.97 Å². The number of rotatable bonds is 7. The second kappa shape index (κ2) is 9.17. The number of carbonyl (C=O) groups is 2. The van der Waals surface area contributed by atoms with Gasteiger partial charge in [0.15, 0.2) is 0 Å². The van der Waals surface area contributed by atoms with E-state index in [1.54, 1.807) is 29.2 Å². The molecule has 1 N–H and O–H groups in total. The van der Waals surface area contributed by atoms with Crippen LogP contribution in [0, 0.1) is 5.82 Å². The van der Waals surface area contributed by atoms with Gasteiger partial charge in [-0.25, -0.2) is 4.39 Å². The van der Waals surface area contributed by atoms with Crippen LogP contribution < -0.4 is 0 Å². The van der Waals surface area contributed by atoms with Crippen LogP contribution in [-0.2, 0) is 14.3 Å². The molecule has 0 saturated carbocycles. The Morgan fingerprint density at radius 1 is 1.25 bits per heavy atom. The summed E-state index contributed by atoms with van der Waals surface area (Å²) in [6.07, 6.45) is 5.07. The fraction of sp³-hybridized carbons (Fsp3) is 0.444. The molecule has 0 atom stereocenters. The lowest BCUT2D eigenvalue weighted by Crippen LogP contribution is -2.44. The van der Waals surface area contributed by atoms with E-state index in [4.69, 9.17) is 9.84 Å². The molecule has 0 spiro atoms. The highest BCUT2D eigenvalue weighted by Gasteiger charge is 2.25. The SMILES string of the molecule is O=C(O)CCN(C(=O)C/C=C/c1ccc(F)cc1)C1CCOCC1. The number of carboxylic acid groups (broad SMARTS) is 1. The second-order valence-corrected chi connectivity index (χ2v) is 5.73. The lowest BCUT2D eigenvalue weighted by Gasteiger charge is -2.34. The van der Waals surface area contributed by atoms with Crippen molar-refractivity contribution in [1.29, 1.82) is 0 Å². The van der Waals surface area contributed by atoms with Crippen LogP contribution in [0.25, 0.3) is 6.08 Å². The molecule has 1 aromatic carbocycles. The Kier molecular flexibility index (Phi) is 6.93. The molecule has 24 heavy (non-hydrogen) atoms. The number of ether oxygens (including phenoxy) is 1. The van der Waals surface area contributed by atoms with Gasteiger partial charge in [-0.3, -0.25) is 9.59 Å². The molecule has 0 radical (unpaired) electrons. The molecule has 1 amide bonds. The molecule has 0 aliphatic carbocycles. The molecule has 1 aliphatic heterocycles. The molecule has 1 fully saturated rings. The van der Waals surface area contributed by atoms with Gasteiger partial charge < -0.3 is 14.7 Å². The molecule has 1 aromatic rings. The van der Waals surface area contributed by atoms with Crippen LogP contribution in [0.3, 0.4) is 0 Å². The molecule has 6 heteroatoms. The highest BCUT2D eigenvalue weighted by Crippen LogP contribution is 2.16. The highest BCUT2D eigenvalue weighted by molar-refractivity contribution is 5.79. The van der Waals surface area contributed by atoms with Crippen molar-refractivity contribution in [2.75, 3.05) is 19.8 Å². The predicted octanol–water partition coefficient (Wildman–Crippen LogP) is 2.71. The number of hydrogen-bond acceptors (Lipinski definition) is 3. The van der Waals surface area contributed by atoms with Crippen LogP contribution >= 0.6 is 0 Å². The van der Waals surface area contributed by atoms with Crippen molar-refractivity contribution in [1.82, 2.24) is 4.90 Å². The van der Waals surface area contributed by atoms with Crippen molar-refractivity contribution in [2.24, 2.45) is 0 Å². The summed E-state index contributed by atoms with van der Waals surface area (Å²) in [5, 5.41) is 8.88. The monoisotopic (exact) mass is 335 g/mol. The maximum Gasteiger partial charge on any atom is 0.305 e. The fourth-order valence-electron chi connectivity index (χ4n) is 2.71. The molecule has 0 aromatic heterocycles.